The second kappa shape index (κ2) is 10.0. The number of β-amino-alcohol motifs (C(OH)–C–C–N with tert-alkyl or cyclic N) is 1. The molecule has 1 N–H and O–H groups in total. The maximum absolute atomic E-state index is 13.3. The van der Waals surface area contributed by atoms with Gasteiger partial charge in [0.2, 0.25) is 5.91 Å². The van der Waals surface area contributed by atoms with Gasteiger partial charge in [0.25, 0.3) is 0 Å². The highest BCUT2D eigenvalue weighted by Gasteiger charge is 2.31. The molecule has 2 saturated heterocycles. The summed E-state index contributed by atoms with van der Waals surface area (Å²) < 4.78 is 13.3. The summed E-state index contributed by atoms with van der Waals surface area (Å²) in [7, 11) is 2.12. The number of likely N-dealkylation sites (tertiary alicyclic amines) is 1. The van der Waals surface area contributed by atoms with Crippen molar-refractivity contribution in [3.8, 4) is 11.3 Å². The molecule has 0 radical (unpaired) electrons. The summed E-state index contributed by atoms with van der Waals surface area (Å²) in [5.41, 5.74) is 5.81. The number of benzene rings is 2. The lowest BCUT2D eigenvalue weighted by molar-refractivity contribution is -0.142. The van der Waals surface area contributed by atoms with Gasteiger partial charge < -0.3 is 19.8 Å². The SMILES string of the molecule is CN(c1nc(-c2ccc(F)cc2)cs1)C1CCc2ccc(N3CCN(CC(=O)N4CC(O)C4)CC3)cc21. The molecule has 1 aromatic heterocycles. The van der Waals surface area contributed by atoms with Gasteiger partial charge >= 0.3 is 0 Å². The van der Waals surface area contributed by atoms with Crippen LogP contribution in [-0.2, 0) is 11.2 Å². The molecule has 1 amide bonds. The lowest BCUT2D eigenvalue weighted by Crippen LogP contribution is -2.57. The van der Waals surface area contributed by atoms with Crippen LogP contribution in [0.4, 0.5) is 15.2 Å². The van der Waals surface area contributed by atoms with E-state index in [1.807, 2.05) is 5.38 Å². The third-order valence-corrected chi connectivity index (χ3v) is 8.82. The minimum atomic E-state index is -0.351. The summed E-state index contributed by atoms with van der Waals surface area (Å²) in [6.07, 6.45) is 1.76. The van der Waals surface area contributed by atoms with Crippen LogP contribution in [0.2, 0.25) is 0 Å². The molecule has 7 nitrogen and oxygen atoms in total. The molecule has 2 aromatic carbocycles. The van der Waals surface area contributed by atoms with Crippen LogP contribution in [0, 0.1) is 5.82 Å². The number of aliphatic hydroxyl groups excluding tert-OH is 1. The molecule has 0 saturated carbocycles. The molecule has 3 aliphatic rings. The number of hydrogen-bond donors (Lipinski definition) is 1. The van der Waals surface area contributed by atoms with Gasteiger partial charge in [0, 0.05) is 62.9 Å². The van der Waals surface area contributed by atoms with Crippen molar-refractivity contribution in [2.45, 2.75) is 25.0 Å². The first-order chi connectivity index (χ1) is 17.9. The normalized spacial score (nSPS) is 20.1. The summed E-state index contributed by atoms with van der Waals surface area (Å²) in [6.45, 7) is 4.87. The molecule has 1 aliphatic carbocycles. The van der Waals surface area contributed by atoms with E-state index < -0.39 is 0 Å². The van der Waals surface area contributed by atoms with Crippen LogP contribution in [0.15, 0.2) is 47.8 Å². The van der Waals surface area contributed by atoms with Crippen LogP contribution in [0.1, 0.15) is 23.6 Å². The van der Waals surface area contributed by atoms with E-state index >= 15 is 0 Å². The van der Waals surface area contributed by atoms with Gasteiger partial charge in [-0.3, -0.25) is 9.69 Å². The second-order valence-corrected chi connectivity index (χ2v) is 11.1. The van der Waals surface area contributed by atoms with E-state index in [2.05, 4.69) is 39.9 Å². The Labute approximate surface area is 220 Å². The highest BCUT2D eigenvalue weighted by atomic mass is 32.1. The topological polar surface area (TPSA) is 63.2 Å². The molecule has 194 valence electrons. The molecule has 1 atom stereocenters. The minimum absolute atomic E-state index is 0.118. The Morgan fingerprint density at radius 2 is 1.89 bits per heavy atom. The first-order valence-electron chi connectivity index (χ1n) is 12.9. The number of amides is 1. The predicted octanol–water partition coefficient (Wildman–Crippen LogP) is 3.40. The highest BCUT2D eigenvalue weighted by Crippen LogP contribution is 2.41. The third-order valence-electron chi connectivity index (χ3n) is 7.89. The first-order valence-corrected chi connectivity index (χ1v) is 13.8. The van der Waals surface area contributed by atoms with Crippen molar-refractivity contribution in [1.82, 2.24) is 14.8 Å². The predicted molar refractivity (Wildman–Crippen MR) is 145 cm³/mol. The Bertz CT molecular complexity index is 1270. The quantitative estimate of drug-likeness (QED) is 0.537. The lowest BCUT2D eigenvalue weighted by Gasteiger charge is -2.40. The van der Waals surface area contributed by atoms with Crippen LogP contribution in [0.3, 0.4) is 0 Å². The van der Waals surface area contributed by atoms with Gasteiger partial charge in [-0.05, 0) is 60.4 Å². The van der Waals surface area contributed by atoms with E-state index in [4.69, 9.17) is 4.98 Å². The average molecular weight is 522 g/mol. The summed E-state index contributed by atoms with van der Waals surface area (Å²) in [5.74, 6) is -0.121. The standard InChI is InChI=1S/C28H32FN5O2S/c1-31(28-30-25(18-37-28)20-2-6-21(29)7-3-20)26-9-5-19-4-8-22(14-24(19)26)33-12-10-32(11-13-33)17-27(36)34-15-23(35)16-34/h2-4,6-8,14,18,23,26,35H,5,9-13,15-17H2,1H3. The average Bonchev–Trinajstić information content (AvgIpc) is 3.55. The Balaban J connectivity index is 1.11. The van der Waals surface area contributed by atoms with Crippen LogP contribution in [0.25, 0.3) is 11.3 Å². The van der Waals surface area contributed by atoms with Gasteiger partial charge in [-0.2, -0.15) is 0 Å². The summed E-state index contributed by atoms with van der Waals surface area (Å²) in [4.78, 5) is 25.9. The molecule has 0 bridgehead atoms. The molecule has 3 heterocycles. The molecular formula is C28H32FN5O2S. The molecule has 2 fully saturated rings. The van der Waals surface area contributed by atoms with Gasteiger partial charge in [-0.15, -0.1) is 11.3 Å². The van der Waals surface area contributed by atoms with Crippen LogP contribution >= 0.6 is 11.3 Å². The zero-order chi connectivity index (χ0) is 25.5. The third kappa shape index (κ3) is 4.95. The number of anilines is 2. The fourth-order valence-corrected chi connectivity index (χ4v) is 6.44. The zero-order valence-corrected chi connectivity index (χ0v) is 21.8. The summed E-state index contributed by atoms with van der Waals surface area (Å²) >= 11 is 1.62. The van der Waals surface area contributed by atoms with Gasteiger partial charge in [-0.1, -0.05) is 6.07 Å². The Morgan fingerprint density at radius 3 is 2.62 bits per heavy atom. The number of piperazine rings is 1. The number of halogens is 1. The number of carbonyl (C=O) groups excluding carboxylic acids is 1. The molecule has 3 aromatic rings. The van der Waals surface area contributed by atoms with Crippen molar-refractivity contribution in [3.63, 3.8) is 0 Å². The highest BCUT2D eigenvalue weighted by molar-refractivity contribution is 7.14. The second-order valence-electron chi connectivity index (χ2n) is 10.3. The maximum atomic E-state index is 13.3. The molecule has 9 heteroatoms. The van der Waals surface area contributed by atoms with E-state index in [1.54, 1.807) is 28.4 Å². The Kier molecular flexibility index (Phi) is 6.60. The number of aromatic nitrogens is 1. The summed E-state index contributed by atoms with van der Waals surface area (Å²) in [6, 6.07) is 13.6. The van der Waals surface area contributed by atoms with E-state index in [1.165, 1.54) is 28.9 Å². The Hall–Kier alpha value is -3.01. The number of aliphatic hydroxyl groups is 1. The monoisotopic (exact) mass is 521 g/mol. The number of hydrogen-bond acceptors (Lipinski definition) is 7. The van der Waals surface area contributed by atoms with Crippen molar-refractivity contribution in [3.05, 3.63) is 64.8 Å². The van der Waals surface area contributed by atoms with Crippen molar-refractivity contribution >= 4 is 28.1 Å². The van der Waals surface area contributed by atoms with Crippen molar-refractivity contribution < 1.29 is 14.3 Å². The van der Waals surface area contributed by atoms with Crippen LogP contribution in [-0.4, -0.2) is 84.8 Å². The maximum Gasteiger partial charge on any atom is 0.236 e. The van der Waals surface area contributed by atoms with E-state index in [-0.39, 0.29) is 23.9 Å². The number of nitrogens with zero attached hydrogens (tertiary/aromatic N) is 5. The van der Waals surface area contributed by atoms with Gasteiger partial charge in [-0.25, -0.2) is 9.37 Å². The first kappa shape index (κ1) is 24.3. The van der Waals surface area contributed by atoms with E-state index in [0.29, 0.717) is 19.6 Å². The zero-order valence-electron chi connectivity index (χ0n) is 21.0. The fourth-order valence-electron chi connectivity index (χ4n) is 5.59. The fraction of sp³-hybridized carbons (Fsp3) is 0.429. The number of fused-ring (bicyclic) bond motifs is 1. The van der Waals surface area contributed by atoms with E-state index in [0.717, 1.165) is 55.4 Å². The minimum Gasteiger partial charge on any atom is -0.389 e. The molecule has 37 heavy (non-hydrogen) atoms. The number of rotatable bonds is 6. The molecule has 0 spiro atoms. The van der Waals surface area contributed by atoms with Gasteiger partial charge in [0.05, 0.1) is 24.4 Å². The van der Waals surface area contributed by atoms with Crippen LogP contribution in [0.5, 0.6) is 0 Å². The molecule has 2 aliphatic heterocycles. The smallest absolute Gasteiger partial charge is 0.236 e. The van der Waals surface area contributed by atoms with E-state index in [9.17, 15) is 14.3 Å². The molecule has 1 unspecified atom stereocenters. The van der Waals surface area contributed by atoms with Gasteiger partial charge in [0.1, 0.15) is 5.82 Å². The van der Waals surface area contributed by atoms with Crippen molar-refractivity contribution in [2.24, 2.45) is 0 Å². The van der Waals surface area contributed by atoms with Gasteiger partial charge in [0.15, 0.2) is 5.13 Å². The number of carbonyl (C=O) groups is 1. The number of thiazole rings is 1. The van der Waals surface area contributed by atoms with Crippen molar-refractivity contribution in [2.75, 3.05) is 62.7 Å². The molecule has 6 rings (SSSR count). The summed E-state index contributed by atoms with van der Waals surface area (Å²) in [5, 5.41) is 12.5. The lowest BCUT2D eigenvalue weighted by atomic mass is 10.1. The Morgan fingerprint density at radius 1 is 1.14 bits per heavy atom. The van der Waals surface area contributed by atoms with Crippen LogP contribution < -0.4 is 9.80 Å². The molecular weight excluding hydrogens is 489 g/mol. The largest absolute Gasteiger partial charge is 0.389 e. The number of aryl methyl sites for hydroxylation is 1. The van der Waals surface area contributed by atoms with Crippen molar-refractivity contribution in [1.29, 1.82) is 0 Å².